The van der Waals surface area contributed by atoms with Gasteiger partial charge in [0.05, 0.1) is 18.0 Å². The van der Waals surface area contributed by atoms with Gasteiger partial charge in [0.15, 0.2) is 5.96 Å². The Kier molecular flexibility index (Phi) is 9.83. The number of nitrogens with one attached hydrogen (secondary N) is 2. The summed E-state index contributed by atoms with van der Waals surface area (Å²) in [6, 6.07) is 11.1. The molecule has 1 aromatic heterocycles. The van der Waals surface area contributed by atoms with Crippen LogP contribution in [0.1, 0.15) is 39.0 Å². The van der Waals surface area contributed by atoms with Gasteiger partial charge in [-0.15, -0.1) is 24.0 Å². The SMILES string of the molecule is CCNC(=NCc1ccccc1S(=O)(=O)NC(C)(C)C)N(C)Cc1cccn1C.I. The van der Waals surface area contributed by atoms with Crippen molar-refractivity contribution in [2.24, 2.45) is 12.0 Å². The summed E-state index contributed by atoms with van der Waals surface area (Å²) in [4.78, 5) is 6.99. The highest BCUT2D eigenvalue weighted by atomic mass is 127. The number of nitrogens with zero attached hydrogens (tertiary/aromatic N) is 3. The van der Waals surface area contributed by atoms with Gasteiger partial charge in [-0.25, -0.2) is 18.1 Å². The van der Waals surface area contributed by atoms with Crippen molar-refractivity contribution in [3.8, 4) is 0 Å². The Morgan fingerprint density at radius 1 is 1.17 bits per heavy atom. The maximum Gasteiger partial charge on any atom is 0.241 e. The molecule has 0 atom stereocenters. The van der Waals surface area contributed by atoms with E-state index in [4.69, 9.17) is 4.99 Å². The molecule has 0 unspecified atom stereocenters. The van der Waals surface area contributed by atoms with Crippen LogP contribution in [0.4, 0.5) is 0 Å². The van der Waals surface area contributed by atoms with Gasteiger partial charge in [0, 0.05) is 38.1 Å². The minimum absolute atomic E-state index is 0. The van der Waals surface area contributed by atoms with E-state index in [0.29, 0.717) is 12.1 Å². The van der Waals surface area contributed by atoms with Gasteiger partial charge in [0.1, 0.15) is 0 Å². The summed E-state index contributed by atoms with van der Waals surface area (Å²) >= 11 is 0. The molecule has 2 aromatic rings. The van der Waals surface area contributed by atoms with E-state index in [1.165, 1.54) is 0 Å². The molecule has 2 N–H and O–H groups in total. The summed E-state index contributed by atoms with van der Waals surface area (Å²) in [5.41, 5.74) is 1.27. The van der Waals surface area contributed by atoms with Gasteiger partial charge in [-0.1, -0.05) is 18.2 Å². The van der Waals surface area contributed by atoms with Crippen LogP contribution >= 0.6 is 24.0 Å². The van der Waals surface area contributed by atoms with Gasteiger partial charge in [-0.3, -0.25) is 0 Å². The van der Waals surface area contributed by atoms with Crippen LogP contribution in [0.25, 0.3) is 0 Å². The highest BCUT2D eigenvalue weighted by Gasteiger charge is 2.24. The Morgan fingerprint density at radius 2 is 1.83 bits per heavy atom. The zero-order chi connectivity index (χ0) is 21.7. The number of halogens is 1. The van der Waals surface area contributed by atoms with Crippen LogP contribution in [0.2, 0.25) is 0 Å². The number of aromatic nitrogens is 1. The van der Waals surface area contributed by atoms with Crippen molar-refractivity contribution in [3.05, 3.63) is 53.9 Å². The van der Waals surface area contributed by atoms with Crippen LogP contribution in [0.5, 0.6) is 0 Å². The second-order valence-electron chi connectivity index (χ2n) is 8.10. The highest BCUT2D eigenvalue weighted by Crippen LogP contribution is 2.19. The Balaban J connectivity index is 0.00000450. The molecule has 0 aliphatic rings. The van der Waals surface area contributed by atoms with Gasteiger partial charge in [-0.05, 0) is 51.5 Å². The third-order valence-corrected chi connectivity index (χ3v) is 6.11. The summed E-state index contributed by atoms with van der Waals surface area (Å²) < 4.78 is 30.5. The van der Waals surface area contributed by atoms with E-state index >= 15 is 0 Å². The third-order valence-electron chi connectivity index (χ3n) is 4.25. The number of hydrogen-bond donors (Lipinski definition) is 2. The molecule has 1 aromatic carbocycles. The fraction of sp³-hybridized carbons (Fsp3) is 0.476. The van der Waals surface area contributed by atoms with Crippen LogP contribution < -0.4 is 10.0 Å². The van der Waals surface area contributed by atoms with E-state index < -0.39 is 15.6 Å². The minimum Gasteiger partial charge on any atom is -0.357 e. The minimum atomic E-state index is -3.63. The fourth-order valence-electron chi connectivity index (χ4n) is 2.96. The number of rotatable bonds is 7. The normalized spacial score (nSPS) is 12.4. The van der Waals surface area contributed by atoms with Crippen molar-refractivity contribution >= 4 is 40.0 Å². The molecule has 7 nitrogen and oxygen atoms in total. The average molecular weight is 548 g/mol. The first-order valence-corrected chi connectivity index (χ1v) is 11.2. The summed E-state index contributed by atoms with van der Waals surface area (Å²) in [5, 5.41) is 3.28. The van der Waals surface area contributed by atoms with Crippen molar-refractivity contribution in [1.82, 2.24) is 19.5 Å². The molecule has 30 heavy (non-hydrogen) atoms. The summed E-state index contributed by atoms with van der Waals surface area (Å²) in [6.45, 7) is 9.18. The molecule has 0 spiro atoms. The molecule has 2 rings (SSSR count). The standard InChI is InChI=1S/C21H33N5O2S.HI/c1-7-22-20(26(6)16-18-12-10-14-25(18)5)23-15-17-11-8-9-13-19(17)29(27,28)24-21(2,3)4;/h8-14,24H,7,15-16H2,1-6H3,(H,22,23);1H. The number of guanidine groups is 1. The highest BCUT2D eigenvalue weighted by molar-refractivity contribution is 14.0. The van der Waals surface area contributed by atoms with Gasteiger partial charge in [0.25, 0.3) is 0 Å². The van der Waals surface area contributed by atoms with Crippen LogP contribution in [0.3, 0.4) is 0 Å². The van der Waals surface area contributed by atoms with E-state index in [9.17, 15) is 8.42 Å². The van der Waals surface area contributed by atoms with E-state index in [0.717, 1.165) is 18.2 Å². The monoisotopic (exact) mass is 547 g/mol. The number of aliphatic imine (C=N–C) groups is 1. The number of aryl methyl sites for hydroxylation is 1. The van der Waals surface area contributed by atoms with E-state index in [2.05, 4.69) is 20.7 Å². The second-order valence-corrected chi connectivity index (χ2v) is 9.75. The molecular formula is C21H34IN5O2S. The molecule has 0 amide bonds. The van der Waals surface area contributed by atoms with E-state index in [-0.39, 0.29) is 35.4 Å². The lowest BCUT2D eigenvalue weighted by Crippen LogP contribution is -2.41. The van der Waals surface area contributed by atoms with E-state index in [1.807, 2.05) is 71.1 Å². The van der Waals surface area contributed by atoms with Gasteiger partial charge in [-0.2, -0.15) is 0 Å². The smallest absolute Gasteiger partial charge is 0.241 e. The molecule has 0 saturated heterocycles. The predicted molar refractivity (Wildman–Crippen MR) is 134 cm³/mol. The molecule has 0 saturated carbocycles. The molecule has 168 valence electrons. The largest absolute Gasteiger partial charge is 0.357 e. The fourth-order valence-corrected chi connectivity index (χ4v) is 4.61. The van der Waals surface area contributed by atoms with Crippen molar-refractivity contribution in [2.45, 2.75) is 51.2 Å². The lowest BCUT2D eigenvalue weighted by Gasteiger charge is -2.23. The second kappa shape index (κ2) is 11.1. The molecule has 0 radical (unpaired) electrons. The molecular weight excluding hydrogens is 513 g/mol. The summed E-state index contributed by atoms with van der Waals surface area (Å²) in [7, 11) is 0.349. The van der Waals surface area contributed by atoms with Crippen LogP contribution in [0.15, 0.2) is 52.5 Å². The topological polar surface area (TPSA) is 78.7 Å². The third kappa shape index (κ3) is 7.59. The lowest BCUT2D eigenvalue weighted by molar-refractivity contribution is 0.461. The van der Waals surface area contributed by atoms with Crippen molar-refractivity contribution in [1.29, 1.82) is 0 Å². The maximum absolute atomic E-state index is 12.8. The number of benzene rings is 1. The molecule has 0 fully saturated rings. The Hall–Kier alpha value is -1.59. The predicted octanol–water partition coefficient (Wildman–Crippen LogP) is 3.32. The first-order valence-electron chi connectivity index (χ1n) is 9.75. The molecule has 0 aliphatic carbocycles. The van der Waals surface area contributed by atoms with E-state index in [1.54, 1.807) is 12.1 Å². The Morgan fingerprint density at radius 3 is 2.40 bits per heavy atom. The molecule has 0 bridgehead atoms. The maximum atomic E-state index is 12.8. The Labute approximate surface area is 198 Å². The van der Waals surface area contributed by atoms with Crippen LogP contribution in [0, 0.1) is 0 Å². The van der Waals surface area contributed by atoms with Gasteiger partial charge in [0.2, 0.25) is 10.0 Å². The molecule has 1 heterocycles. The number of sulfonamides is 1. The zero-order valence-electron chi connectivity index (χ0n) is 18.6. The average Bonchev–Trinajstić information content (AvgIpc) is 3.01. The van der Waals surface area contributed by atoms with Gasteiger partial charge < -0.3 is 14.8 Å². The number of hydrogen-bond acceptors (Lipinski definition) is 3. The lowest BCUT2D eigenvalue weighted by atomic mass is 10.1. The van der Waals surface area contributed by atoms with Crippen LogP contribution in [-0.4, -0.2) is 43.0 Å². The van der Waals surface area contributed by atoms with Gasteiger partial charge >= 0.3 is 0 Å². The first kappa shape index (κ1) is 26.4. The van der Waals surface area contributed by atoms with Crippen molar-refractivity contribution in [2.75, 3.05) is 13.6 Å². The van der Waals surface area contributed by atoms with Crippen molar-refractivity contribution in [3.63, 3.8) is 0 Å². The van der Waals surface area contributed by atoms with Crippen LogP contribution in [-0.2, 0) is 30.2 Å². The Bertz CT molecular complexity index is 948. The molecule has 9 heteroatoms. The quantitative estimate of drug-likeness (QED) is 0.317. The first-order chi connectivity index (χ1) is 13.5. The molecule has 0 aliphatic heterocycles. The summed E-state index contributed by atoms with van der Waals surface area (Å²) in [5.74, 6) is 0.727. The zero-order valence-corrected chi connectivity index (χ0v) is 21.8. The summed E-state index contributed by atoms with van der Waals surface area (Å²) in [6.07, 6.45) is 2.01. The van der Waals surface area contributed by atoms with Crippen molar-refractivity contribution < 1.29 is 8.42 Å².